The molecule has 2 N–H and O–H groups in total. The topological polar surface area (TPSA) is 41.1 Å². The number of rotatable bonds is 5. The van der Waals surface area contributed by atoms with Crippen molar-refractivity contribution < 1.29 is 4.79 Å². The van der Waals surface area contributed by atoms with E-state index in [9.17, 15) is 4.79 Å². The van der Waals surface area contributed by atoms with E-state index in [-0.39, 0.29) is 11.8 Å². The molecular formula is C17H26N2O. The number of hydrogen-bond donors (Lipinski definition) is 2. The molecule has 1 amide bonds. The van der Waals surface area contributed by atoms with Gasteiger partial charge in [0.05, 0.1) is 0 Å². The second-order valence-corrected chi connectivity index (χ2v) is 5.66. The zero-order valence-corrected chi connectivity index (χ0v) is 12.5. The third kappa shape index (κ3) is 4.64. The van der Waals surface area contributed by atoms with Crippen LogP contribution in [0.25, 0.3) is 0 Å². The normalized spacial score (nSPS) is 16.6. The molecule has 0 aromatic heterocycles. The molecule has 0 atom stereocenters. The molecule has 20 heavy (non-hydrogen) atoms. The van der Waals surface area contributed by atoms with Gasteiger partial charge in [0.2, 0.25) is 5.91 Å². The van der Waals surface area contributed by atoms with Gasteiger partial charge in [-0.2, -0.15) is 0 Å². The summed E-state index contributed by atoms with van der Waals surface area (Å²) in [5.74, 6) is 0.405. The van der Waals surface area contributed by atoms with Crippen molar-refractivity contribution in [2.45, 2.75) is 52.0 Å². The summed E-state index contributed by atoms with van der Waals surface area (Å²) in [6.07, 6.45) is 7.03. The number of hydrogen-bond acceptors (Lipinski definition) is 2. The fourth-order valence-corrected chi connectivity index (χ4v) is 2.81. The number of carbonyl (C=O) groups excluding carboxylic acids is 1. The quantitative estimate of drug-likeness (QED) is 0.804. The molecule has 0 spiro atoms. The largest absolute Gasteiger partial charge is 0.326 e. The predicted molar refractivity (Wildman–Crippen MR) is 83.6 cm³/mol. The molecule has 3 nitrogen and oxygen atoms in total. The average Bonchev–Trinajstić information content (AvgIpc) is 2.74. The zero-order chi connectivity index (χ0) is 14.2. The van der Waals surface area contributed by atoms with Crippen molar-refractivity contribution in [3.63, 3.8) is 0 Å². The van der Waals surface area contributed by atoms with Crippen molar-refractivity contribution in [1.82, 2.24) is 5.32 Å². The van der Waals surface area contributed by atoms with Crippen LogP contribution < -0.4 is 10.6 Å². The van der Waals surface area contributed by atoms with Gasteiger partial charge in [0, 0.05) is 18.2 Å². The van der Waals surface area contributed by atoms with Gasteiger partial charge in [-0.25, -0.2) is 0 Å². The Labute approximate surface area is 122 Å². The molecule has 0 aliphatic heterocycles. The monoisotopic (exact) mass is 274 g/mol. The first-order valence-corrected chi connectivity index (χ1v) is 7.90. The predicted octanol–water partition coefficient (Wildman–Crippen LogP) is 3.71. The van der Waals surface area contributed by atoms with Crippen LogP contribution in [-0.4, -0.2) is 12.5 Å². The van der Waals surface area contributed by atoms with E-state index in [1.165, 1.54) is 31.2 Å². The zero-order valence-electron chi connectivity index (χ0n) is 12.5. The summed E-state index contributed by atoms with van der Waals surface area (Å²) < 4.78 is 0. The van der Waals surface area contributed by atoms with Crippen molar-refractivity contribution in [2.75, 3.05) is 11.9 Å². The molecule has 0 unspecified atom stereocenters. The van der Waals surface area contributed by atoms with Gasteiger partial charge in [-0.1, -0.05) is 44.7 Å². The molecule has 1 aromatic rings. The lowest BCUT2D eigenvalue weighted by Crippen LogP contribution is -2.22. The highest BCUT2D eigenvalue weighted by Crippen LogP contribution is 2.24. The van der Waals surface area contributed by atoms with Crippen molar-refractivity contribution in [3.05, 3.63) is 29.8 Å². The Morgan fingerprint density at radius 3 is 2.65 bits per heavy atom. The molecule has 1 saturated carbocycles. The molecule has 110 valence electrons. The second-order valence-electron chi connectivity index (χ2n) is 5.66. The minimum Gasteiger partial charge on any atom is -0.326 e. The van der Waals surface area contributed by atoms with Crippen LogP contribution in [0, 0.1) is 5.92 Å². The summed E-state index contributed by atoms with van der Waals surface area (Å²) >= 11 is 0. The Kier molecular flexibility index (Phi) is 6.06. The fourth-order valence-electron chi connectivity index (χ4n) is 2.81. The first-order chi connectivity index (χ1) is 9.79. The van der Waals surface area contributed by atoms with E-state index in [0.29, 0.717) is 0 Å². The Morgan fingerprint density at radius 1 is 1.20 bits per heavy atom. The third-order valence-corrected chi connectivity index (χ3v) is 4.00. The number of anilines is 1. The number of benzene rings is 1. The molecule has 2 rings (SSSR count). The molecule has 0 radical (unpaired) electrons. The second kappa shape index (κ2) is 8.05. The molecule has 1 aliphatic carbocycles. The van der Waals surface area contributed by atoms with Crippen molar-refractivity contribution in [2.24, 2.45) is 5.92 Å². The Morgan fingerprint density at radius 2 is 1.95 bits per heavy atom. The van der Waals surface area contributed by atoms with E-state index < -0.39 is 0 Å². The van der Waals surface area contributed by atoms with Crippen LogP contribution in [0.5, 0.6) is 0 Å². The standard InChI is InChI=1S/C17H26N2O/c1-2-18-13-14-8-7-11-16(12-14)19-17(20)15-9-5-3-4-6-10-15/h7-8,11-12,15,18H,2-6,9-10,13H2,1H3,(H,19,20). The van der Waals surface area contributed by atoms with Crippen molar-refractivity contribution in [1.29, 1.82) is 0 Å². The Balaban J connectivity index is 1.92. The maximum absolute atomic E-state index is 12.3. The third-order valence-electron chi connectivity index (χ3n) is 4.00. The molecular weight excluding hydrogens is 248 g/mol. The number of nitrogens with one attached hydrogen (secondary N) is 2. The summed E-state index contributed by atoms with van der Waals surface area (Å²) in [4.78, 5) is 12.3. The lowest BCUT2D eigenvalue weighted by atomic mass is 9.99. The summed E-state index contributed by atoms with van der Waals surface area (Å²) in [6, 6.07) is 8.14. The van der Waals surface area contributed by atoms with E-state index in [1.807, 2.05) is 12.1 Å². The highest BCUT2D eigenvalue weighted by molar-refractivity contribution is 5.92. The Bertz CT molecular complexity index is 423. The van der Waals surface area contributed by atoms with E-state index in [1.54, 1.807) is 0 Å². The minimum atomic E-state index is 0.201. The van der Waals surface area contributed by atoms with E-state index in [0.717, 1.165) is 31.6 Å². The Hall–Kier alpha value is -1.35. The lowest BCUT2D eigenvalue weighted by Gasteiger charge is -2.14. The molecule has 3 heteroatoms. The van der Waals surface area contributed by atoms with Crippen LogP contribution in [0.15, 0.2) is 24.3 Å². The van der Waals surface area contributed by atoms with Gasteiger partial charge < -0.3 is 10.6 Å². The van der Waals surface area contributed by atoms with E-state index in [2.05, 4.69) is 29.7 Å². The average molecular weight is 274 g/mol. The highest BCUT2D eigenvalue weighted by atomic mass is 16.1. The van der Waals surface area contributed by atoms with E-state index >= 15 is 0 Å². The molecule has 0 saturated heterocycles. The van der Waals surface area contributed by atoms with Gasteiger partial charge >= 0.3 is 0 Å². The molecule has 1 aromatic carbocycles. The van der Waals surface area contributed by atoms with Gasteiger partial charge in [0.15, 0.2) is 0 Å². The van der Waals surface area contributed by atoms with Crippen LogP contribution in [0.2, 0.25) is 0 Å². The highest BCUT2D eigenvalue weighted by Gasteiger charge is 2.19. The summed E-state index contributed by atoms with van der Waals surface area (Å²) in [7, 11) is 0. The van der Waals surface area contributed by atoms with Crippen LogP contribution in [0.1, 0.15) is 51.0 Å². The molecule has 1 fully saturated rings. The van der Waals surface area contributed by atoms with Gasteiger partial charge in [0.1, 0.15) is 0 Å². The van der Waals surface area contributed by atoms with Gasteiger partial charge in [-0.05, 0) is 37.1 Å². The van der Waals surface area contributed by atoms with E-state index in [4.69, 9.17) is 0 Å². The number of carbonyl (C=O) groups is 1. The van der Waals surface area contributed by atoms with Crippen LogP contribution in [0.3, 0.4) is 0 Å². The summed E-state index contributed by atoms with van der Waals surface area (Å²) in [5.41, 5.74) is 2.14. The molecule has 1 aliphatic rings. The van der Waals surface area contributed by atoms with Gasteiger partial charge in [0.25, 0.3) is 0 Å². The van der Waals surface area contributed by atoms with Crippen LogP contribution in [0.4, 0.5) is 5.69 Å². The molecule has 0 bridgehead atoms. The summed E-state index contributed by atoms with van der Waals surface area (Å²) in [5, 5.41) is 6.39. The van der Waals surface area contributed by atoms with Crippen molar-refractivity contribution >= 4 is 11.6 Å². The fraction of sp³-hybridized carbons (Fsp3) is 0.588. The maximum atomic E-state index is 12.3. The van der Waals surface area contributed by atoms with Crippen LogP contribution in [-0.2, 0) is 11.3 Å². The van der Waals surface area contributed by atoms with Gasteiger partial charge in [-0.3, -0.25) is 4.79 Å². The smallest absolute Gasteiger partial charge is 0.227 e. The minimum absolute atomic E-state index is 0.201. The molecule has 0 heterocycles. The number of amides is 1. The maximum Gasteiger partial charge on any atom is 0.227 e. The first kappa shape index (κ1) is 15.0. The summed E-state index contributed by atoms with van der Waals surface area (Å²) in [6.45, 7) is 3.90. The lowest BCUT2D eigenvalue weighted by molar-refractivity contribution is -0.120. The SMILES string of the molecule is CCNCc1cccc(NC(=O)C2CCCCCC2)c1. The first-order valence-electron chi connectivity index (χ1n) is 7.90. The van der Waals surface area contributed by atoms with Crippen molar-refractivity contribution in [3.8, 4) is 0 Å². The van der Waals surface area contributed by atoms with Gasteiger partial charge in [-0.15, -0.1) is 0 Å². The van der Waals surface area contributed by atoms with Crippen LogP contribution >= 0.6 is 0 Å².